The lowest BCUT2D eigenvalue weighted by Crippen LogP contribution is -2.41. The van der Waals surface area contributed by atoms with Crippen molar-refractivity contribution in [2.45, 2.75) is 11.8 Å². The molecule has 0 saturated carbocycles. The molecule has 2 rings (SSSR count). The maximum atomic E-state index is 13.4. The minimum atomic E-state index is -0.469. The lowest BCUT2D eigenvalue weighted by molar-refractivity contribution is -0.125. The smallest absolute Gasteiger partial charge is 0.262 e. The van der Waals surface area contributed by atoms with Gasteiger partial charge in [0.15, 0.2) is 0 Å². The van der Waals surface area contributed by atoms with E-state index >= 15 is 0 Å². The second-order valence-electron chi connectivity index (χ2n) is 5.09. The molecule has 0 radical (unpaired) electrons. The van der Waals surface area contributed by atoms with Crippen LogP contribution in [0.1, 0.15) is 12.5 Å². The average Bonchev–Trinajstić information content (AvgIpc) is 2.65. The number of ether oxygens (including phenoxy) is 1. The third-order valence-corrected chi connectivity index (χ3v) is 4.19. The lowest BCUT2D eigenvalue weighted by atomic mass is 10.2. The fraction of sp³-hybridized carbons (Fsp3) is 0.158. The molecule has 2 aromatic rings. The molecule has 0 atom stereocenters. The predicted molar refractivity (Wildman–Crippen MR) is 100 cm³/mol. The van der Waals surface area contributed by atoms with Crippen LogP contribution in [0.2, 0.25) is 0 Å². The summed E-state index contributed by atoms with van der Waals surface area (Å²) < 4.78 is 18.8. The monoisotopic (exact) mass is 374 g/mol. The number of hydrazine groups is 1. The topological polar surface area (TPSA) is 67.4 Å². The van der Waals surface area contributed by atoms with Gasteiger partial charge in [-0.25, -0.2) is 4.39 Å². The van der Waals surface area contributed by atoms with E-state index < -0.39 is 11.8 Å². The molecular formula is C19H19FN2O3S. The second-order valence-corrected chi connectivity index (χ2v) is 6.11. The van der Waals surface area contributed by atoms with Gasteiger partial charge in [0.05, 0.1) is 12.4 Å². The minimum absolute atomic E-state index is 0.0101. The number of rotatable bonds is 7. The molecule has 0 aliphatic rings. The van der Waals surface area contributed by atoms with Crippen LogP contribution in [0.15, 0.2) is 59.5 Å². The van der Waals surface area contributed by atoms with Crippen molar-refractivity contribution < 1.29 is 18.7 Å². The van der Waals surface area contributed by atoms with E-state index in [4.69, 9.17) is 4.74 Å². The Hall–Kier alpha value is -2.80. The van der Waals surface area contributed by atoms with Crippen LogP contribution >= 0.6 is 11.8 Å². The van der Waals surface area contributed by atoms with Crippen LogP contribution in [0.3, 0.4) is 0 Å². The molecule has 26 heavy (non-hydrogen) atoms. The lowest BCUT2D eigenvalue weighted by Gasteiger charge is -2.06. The molecule has 0 fully saturated rings. The molecule has 2 N–H and O–H groups in total. The van der Waals surface area contributed by atoms with Gasteiger partial charge in [0, 0.05) is 11.0 Å². The van der Waals surface area contributed by atoms with Crippen molar-refractivity contribution >= 4 is 29.7 Å². The number of amides is 2. The number of thioether (sulfide) groups is 1. The minimum Gasteiger partial charge on any atom is -0.494 e. The molecule has 0 aromatic heterocycles. The van der Waals surface area contributed by atoms with Gasteiger partial charge in [-0.3, -0.25) is 20.4 Å². The third-order valence-electron chi connectivity index (χ3n) is 3.14. The number of benzene rings is 2. The Bertz CT molecular complexity index is 779. The molecule has 2 aromatic carbocycles. The average molecular weight is 374 g/mol. The number of hydrogen-bond acceptors (Lipinski definition) is 4. The molecule has 0 aliphatic heterocycles. The summed E-state index contributed by atoms with van der Waals surface area (Å²) in [5.41, 5.74) is 5.38. The van der Waals surface area contributed by atoms with Crippen LogP contribution in [0.4, 0.5) is 4.39 Å². The van der Waals surface area contributed by atoms with Gasteiger partial charge in [0.1, 0.15) is 11.6 Å². The van der Waals surface area contributed by atoms with E-state index in [-0.39, 0.29) is 11.6 Å². The van der Waals surface area contributed by atoms with Gasteiger partial charge in [-0.2, -0.15) is 0 Å². The molecule has 0 heterocycles. The zero-order chi connectivity index (χ0) is 18.8. The first-order valence-electron chi connectivity index (χ1n) is 7.95. The van der Waals surface area contributed by atoms with E-state index in [1.807, 2.05) is 31.2 Å². The number of hydrogen-bond donors (Lipinski definition) is 2. The van der Waals surface area contributed by atoms with Crippen molar-refractivity contribution in [3.63, 3.8) is 0 Å². The van der Waals surface area contributed by atoms with Crippen LogP contribution in [0.25, 0.3) is 6.08 Å². The second kappa shape index (κ2) is 10.2. The Balaban J connectivity index is 1.73. The molecule has 2 amide bonds. The zero-order valence-electron chi connectivity index (χ0n) is 14.2. The van der Waals surface area contributed by atoms with Crippen LogP contribution in [0, 0.1) is 5.82 Å². The molecule has 0 spiro atoms. The summed E-state index contributed by atoms with van der Waals surface area (Å²) in [7, 11) is 0. The maximum absolute atomic E-state index is 13.4. The van der Waals surface area contributed by atoms with Crippen molar-refractivity contribution in [1.29, 1.82) is 0 Å². The Labute approximate surface area is 155 Å². The SMILES string of the molecule is CCOc1ccc(/C=C/C(=O)NNC(=O)CSc2ccccc2F)cc1. The van der Waals surface area contributed by atoms with Gasteiger partial charge < -0.3 is 4.74 Å². The highest BCUT2D eigenvalue weighted by Gasteiger charge is 2.06. The number of carbonyl (C=O) groups excluding carboxylic acids is 2. The molecule has 136 valence electrons. The van der Waals surface area contributed by atoms with Crippen molar-refractivity contribution in [2.24, 2.45) is 0 Å². The van der Waals surface area contributed by atoms with E-state index in [9.17, 15) is 14.0 Å². The highest BCUT2D eigenvalue weighted by Crippen LogP contribution is 2.20. The Morgan fingerprint density at radius 2 is 1.85 bits per heavy atom. The Morgan fingerprint density at radius 3 is 2.54 bits per heavy atom. The summed E-state index contributed by atoms with van der Waals surface area (Å²) in [5.74, 6) is -0.533. The molecule has 0 saturated heterocycles. The van der Waals surface area contributed by atoms with Gasteiger partial charge in [0.2, 0.25) is 5.91 Å². The predicted octanol–water partition coefficient (Wildman–Crippen LogP) is 3.18. The normalized spacial score (nSPS) is 10.5. The number of carbonyl (C=O) groups is 2. The first kappa shape index (κ1) is 19.5. The van der Waals surface area contributed by atoms with Crippen molar-refractivity contribution in [2.75, 3.05) is 12.4 Å². The largest absolute Gasteiger partial charge is 0.494 e. The quantitative estimate of drug-likeness (QED) is 0.444. The van der Waals surface area contributed by atoms with E-state index in [1.54, 1.807) is 24.3 Å². The summed E-state index contributed by atoms with van der Waals surface area (Å²) in [4.78, 5) is 23.8. The van der Waals surface area contributed by atoms with E-state index in [2.05, 4.69) is 10.9 Å². The summed E-state index contributed by atoms with van der Waals surface area (Å²) in [6.45, 7) is 2.49. The fourth-order valence-electron chi connectivity index (χ4n) is 1.93. The summed E-state index contributed by atoms with van der Waals surface area (Å²) in [5, 5.41) is 0. The summed E-state index contributed by atoms with van der Waals surface area (Å²) in [6.07, 6.45) is 2.92. The molecule has 5 nitrogen and oxygen atoms in total. The molecule has 0 unspecified atom stereocenters. The van der Waals surface area contributed by atoms with Crippen LogP contribution in [-0.2, 0) is 9.59 Å². The van der Waals surface area contributed by atoms with Crippen molar-refractivity contribution in [3.8, 4) is 5.75 Å². The van der Waals surface area contributed by atoms with E-state index in [1.165, 1.54) is 12.1 Å². The van der Waals surface area contributed by atoms with E-state index in [0.717, 1.165) is 23.1 Å². The van der Waals surface area contributed by atoms with Gasteiger partial charge in [0.25, 0.3) is 5.91 Å². The van der Waals surface area contributed by atoms with Crippen LogP contribution < -0.4 is 15.6 Å². The van der Waals surface area contributed by atoms with Gasteiger partial charge in [-0.05, 0) is 42.8 Å². The van der Waals surface area contributed by atoms with Crippen LogP contribution in [-0.4, -0.2) is 24.2 Å². The summed E-state index contributed by atoms with van der Waals surface area (Å²) in [6, 6.07) is 13.4. The fourth-order valence-corrected chi connectivity index (χ4v) is 2.67. The zero-order valence-corrected chi connectivity index (χ0v) is 15.0. The Morgan fingerprint density at radius 1 is 1.12 bits per heavy atom. The molecule has 7 heteroatoms. The first-order chi connectivity index (χ1) is 12.6. The number of nitrogens with one attached hydrogen (secondary N) is 2. The Kier molecular flexibility index (Phi) is 7.70. The maximum Gasteiger partial charge on any atom is 0.262 e. The van der Waals surface area contributed by atoms with Crippen molar-refractivity contribution in [3.05, 3.63) is 66.0 Å². The standard InChI is InChI=1S/C19H19FN2O3S/c1-2-25-15-10-7-14(8-11-15)9-12-18(23)21-22-19(24)13-26-17-6-4-3-5-16(17)20/h3-12H,2,13H2,1H3,(H,21,23)(H,22,24)/b12-9+. The van der Waals surface area contributed by atoms with Gasteiger partial charge >= 0.3 is 0 Å². The molecule has 0 bridgehead atoms. The molecular weight excluding hydrogens is 355 g/mol. The van der Waals surface area contributed by atoms with Crippen LogP contribution in [0.5, 0.6) is 5.75 Å². The molecule has 0 aliphatic carbocycles. The first-order valence-corrected chi connectivity index (χ1v) is 8.94. The highest BCUT2D eigenvalue weighted by atomic mass is 32.2. The summed E-state index contributed by atoms with van der Waals surface area (Å²) >= 11 is 1.05. The van der Waals surface area contributed by atoms with Crippen molar-refractivity contribution in [1.82, 2.24) is 10.9 Å². The third kappa shape index (κ3) is 6.60. The van der Waals surface area contributed by atoms with Gasteiger partial charge in [-0.1, -0.05) is 24.3 Å². The van der Waals surface area contributed by atoms with E-state index in [0.29, 0.717) is 11.5 Å². The number of halogens is 1. The highest BCUT2D eigenvalue weighted by molar-refractivity contribution is 8.00. The van der Waals surface area contributed by atoms with Gasteiger partial charge in [-0.15, -0.1) is 11.8 Å².